The van der Waals surface area contributed by atoms with E-state index in [-0.39, 0.29) is 5.54 Å². The van der Waals surface area contributed by atoms with Crippen LogP contribution in [0.4, 0.5) is 11.4 Å². The Balaban J connectivity index is 2.71. The van der Waals surface area contributed by atoms with Gasteiger partial charge < -0.3 is 15.7 Å². The number of anilines is 2. The van der Waals surface area contributed by atoms with E-state index in [9.17, 15) is 5.11 Å². The first kappa shape index (κ1) is 13.8. The first-order valence-electron chi connectivity index (χ1n) is 6.11. The molecule has 1 unspecified atom stereocenters. The summed E-state index contributed by atoms with van der Waals surface area (Å²) >= 11 is 0. The molecule has 4 nitrogen and oxygen atoms in total. The summed E-state index contributed by atoms with van der Waals surface area (Å²) in [5.74, 6) is 0. The lowest BCUT2D eigenvalue weighted by molar-refractivity contribution is 0.133. The lowest BCUT2D eigenvalue weighted by atomic mass is 9.98. The first-order chi connectivity index (χ1) is 7.95. The molecule has 1 aromatic heterocycles. The number of hydrogen-bond acceptors (Lipinski definition) is 4. The predicted molar refractivity (Wildman–Crippen MR) is 72.4 cm³/mol. The van der Waals surface area contributed by atoms with Gasteiger partial charge in [0.1, 0.15) is 0 Å². The maximum atomic E-state index is 9.65. The number of nitrogens with one attached hydrogen (secondary N) is 2. The summed E-state index contributed by atoms with van der Waals surface area (Å²) in [5.41, 5.74) is 1.54. The molecule has 0 amide bonds. The van der Waals surface area contributed by atoms with Crippen LogP contribution >= 0.6 is 0 Å². The van der Waals surface area contributed by atoms with E-state index in [1.807, 2.05) is 19.9 Å². The standard InChI is InChI=1S/C13H23N3O/c1-5-6-15-11-7-12(9-14-8-11)16-13(3,4)10(2)17/h7-10,15-17H,5-6H2,1-4H3. The smallest absolute Gasteiger partial charge is 0.0736 e. The van der Waals surface area contributed by atoms with Crippen molar-refractivity contribution in [3.8, 4) is 0 Å². The second-order valence-electron chi connectivity index (χ2n) is 4.91. The van der Waals surface area contributed by atoms with E-state index in [4.69, 9.17) is 0 Å². The van der Waals surface area contributed by atoms with Crippen LogP contribution in [0.2, 0.25) is 0 Å². The van der Waals surface area contributed by atoms with Crippen molar-refractivity contribution in [1.82, 2.24) is 4.98 Å². The number of nitrogens with zero attached hydrogens (tertiary/aromatic N) is 1. The van der Waals surface area contributed by atoms with Crippen LogP contribution in [0.25, 0.3) is 0 Å². The third-order valence-corrected chi connectivity index (χ3v) is 2.83. The molecular formula is C13H23N3O. The Kier molecular flexibility index (Phi) is 4.75. The molecule has 1 aromatic rings. The van der Waals surface area contributed by atoms with Gasteiger partial charge >= 0.3 is 0 Å². The van der Waals surface area contributed by atoms with Gasteiger partial charge in [-0.25, -0.2) is 0 Å². The Morgan fingerprint density at radius 2 is 2.00 bits per heavy atom. The van der Waals surface area contributed by atoms with Gasteiger partial charge in [-0.05, 0) is 33.3 Å². The minimum Gasteiger partial charge on any atom is -0.391 e. The van der Waals surface area contributed by atoms with Crippen LogP contribution in [0.3, 0.4) is 0 Å². The summed E-state index contributed by atoms with van der Waals surface area (Å²) in [6.07, 6.45) is 4.21. The third-order valence-electron chi connectivity index (χ3n) is 2.83. The maximum Gasteiger partial charge on any atom is 0.0736 e. The number of aromatic nitrogens is 1. The quantitative estimate of drug-likeness (QED) is 0.711. The fraction of sp³-hybridized carbons (Fsp3) is 0.615. The molecule has 3 N–H and O–H groups in total. The molecule has 0 fully saturated rings. The van der Waals surface area contributed by atoms with E-state index >= 15 is 0 Å². The van der Waals surface area contributed by atoms with E-state index in [1.54, 1.807) is 19.3 Å². The van der Waals surface area contributed by atoms with E-state index in [0.29, 0.717) is 0 Å². The third kappa shape index (κ3) is 4.23. The zero-order valence-electron chi connectivity index (χ0n) is 11.1. The van der Waals surface area contributed by atoms with Crippen molar-refractivity contribution in [3.63, 3.8) is 0 Å². The molecular weight excluding hydrogens is 214 g/mol. The van der Waals surface area contributed by atoms with E-state index in [1.165, 1.54) is 0 Å². The molecule has 1 rings (SSSR count). The van der Waals surface area contributed by atoms with Crippen LogP contribution in [0, 0.1) is 0 Å². The molecule has 4 heteroatoms. The average molecular weight is 237 g/mol. The van der Waals surface area contributed by atoms with Crippen molar-refractivity contribution in [2.45, 2.75) is 45.8 Å². The van der Waals surface area contributed by atoms with Gasteiger partial charge in [0.2, 0.25) is 0 Å². The van der Waals surface area contributed by atoms with Crippen molar-refractivity contribution >= 4 is 11.4 Å². The number of aliphatic hydroxyl groups is 1. The Bertz CT molecular complexity index is 350. The zero-order chi connectivity index (χ0) is 12.9. The van der Waals surface area contributed by atoms with Crippen LogP contribution in [0.15, 0.2) is 18.5 Å². The molecule has 96 valence electrons. The van der Waals surface area contributed by atoms with Gasteiger partial charge in [-0.3, -0.25) is 4.98 Å². The molecule has 1 atom stereocenters. The number of aliphatic hydroxyl groups excluding tert-OH is 1. The van der Waals surface area contributed by atoms with Crippen molar-refractivity contribution in [2.24, 2.45) is 0 Å². The normalized spacial score (nSPS) is 13.2. The lowest BCUT2D eigenvalue weighted by Gasteiger charge is -2.30. The Hall–Kier alpha value is -1.29. The van der Waals surface area contributed by atoms with Crippen LogP contribution in [0.5, 0.6) is 0 Å². The zero-order valence-corrected chi connectivity index (χ0v) is 11.1. The van der Waals surface area contributed by atoms with Crippen LogP contribution < -0.4 is 10.6 Å². The molecule has 0 aliphatic carbocycles. The second-order valence-corrected chi connectivity index (χ2v) is 4.91. The Morgan fingerprint density at radius 1 is 1.35 bits per heavy atom. The highest BCUT2D eigenvalue weighted by Gasteiger charge is 2.23. The molecule has 0 saturated carbocycles. The topological polar surface area (TPSA) is 57.2 Å². The maximum absolute atomic E-state index is 9.65. The molecule has 0 aromatic carbocycles. The van der Waals surface area contributed by atoms with Gasteiger partial charge in [-0.1, -0.05) is 6.92 Å². The largest absolute Gasteiger partial charge is 0.391 e. The first-order valence-corrected chi connectivity index (χ1v) is 6.11. The SMILES string of the molecule is CCCNc1cncc(NC(C)(C)C(C)O)c1. The van der Waals surface area contributed by atoms with E-state index < -0.39 is 6.10 Å². The van der Waals surface area contributed by atoms with Gasteiger partial charge in [0.05, 0.1) is 35.4 Å². The van der Waals surface area contributed by atoms with Gasteiger partial charge in [0.15, 0.2) is 0 Å². The minimum absolute atomic E-state index is 0.370. The van der Waals surface area contributed by atoms with Gasteiger partial charge in [-0.2, -0.15) is 0 Å². The minimum atomic E-state index is -0.435. The summed E-state index contributed by atoms with van der Waals surface area (Å²) in [7, 11) is 0. The molecule has 0 spiro atoms. The fourth-order valence-corrected chi connectivity index (χ4v) is 1.35. The predicted octanol–water partition coefficient (Wildman–Crippen LogP) is 2.47. The summed E-state index contributed by atoms with van der Waals surface area (Å²) in [6, 6.07) is 2.01. The fourth-order valence-electron chi connectivity index (χ4n) is 1.35. The Morgan fingerprint density at radius 3 is 2.59 bits per heavy atom. The molecule has 1 heterocycles. The summed E-state index contributed by atoms with van der Waals surface area (Å²) in [4.78, 5) is 4.17. The summed E-state index contributed by atoms with van der Waals surface area (Å²) in [6.45, 7) is 8.76. The Labute approximate surface area is 103 Å². The van der Waals surface area contributed by atoms with Gasteiger partial charge in [-0.15, -0.1) is 0 Å². The van der Waals surface area contributed by atoms with Crippen molar-refractivity contribution in [3.05, 3.63) is 18.5 Å². The lowest BCUT2D eigenvalue weighted by Crippen LogP contribution is -2.41. The van der Waals surface area contributed by atoms with Gasteiger partial charge in [0.25, 0.3) is 0 Å². The molecule has 0 radical (unpaired) electrons. The van der Waals surface area contributed by atoms with Crippen LogP contribution in [-0.4, -0.2) is 28.3 Å². The highest BCUT2D eigenvalue weighted by Crippen LogP contribution is 2.20. The van der Waals surface area contributed by atoms with E-state index in [2.05, 4.69) is 22.5 Å². The van der Waals surface area contributed by atoms with Crippen molar-refractivity contribution < 1.29 is 5.11 Å². The number of rotatable bonds is 6. The van der Waals surface area contributed by atoms with Crippen LogP contribution in [0.1, 0.15) is 34.1 Å². The average Bonchev–Trinajstić information content (AvgIpc) is 2.26. The molecule has 17 heavy (non-hydrogen) atoms. The number of pyridine rings is 1. The molecule has 0 saturated heterocycles. The molecule has 0 aliphatic heterocycles. The van der Waals surface area contributed by atoms with Crippen molar-refractivity contribution in [2.75, 3.05) is 17.2 Å². The summed E-state index contributed by atoms with van der Waals surface area (Å²) in [5, 5.41) is 16.2. The monoisotopic (exact) mass is 237 g/mol. The highest BCUT2D eigenvalue weighted by atomic mass is 16.3. The van der Waals surface area contributed by atoms with Crippen molar-refractivity contribution in [1.29, 1.82) is 0 Å². The molecule has 0 aliphatic rings. The second kappa shape index (κ2) is 5.87. The number of hydrogen-bond donors (Lipinski definition) is 3. The summed E-state index contributed by atoms with van der Waals surface area (Å²) < 4.78 is 0. The highest BCUT2D eigenvalue weighted by molar-refractivity contribution is 5.55. The van der Waals surface area contributed by atoms with Gasteiger partial charge in [0, 0.05) is 6.54 Å². The van der Waals surface area contributed by atoms with E-state index in [0.717, 1.165) is 24.3 Å². The van der Waals surface area contributed by atoms with Crippen LogP contribution in [-0.2, 0) is 0 Å². The molecule has 0 bridgehead atoms.